The minimum atomic E-state index is -0.543. The van der Waals surface area contributed by atoms with E-state index in [1.54, 1.807) is 29.9 Å². The molecular formula is C24H27ClN6O4. The highest BCUT2D eigenvalue weighted by molar-refractivity contribution is 6.32. The number of likely N-dealkylation sites (tertiary alicyclic amines) is 1. The van der Waals surface area contributed by atoms with E-state index in [-0.39, 0.29) is 24.1 Å². The maximum Gasteiger partial charge on any atom is 0.263 e. The molecule has 0 saturated carbocycles. The summed E-state index contributed by atoms with van der Waals surface area (Å²) in [6.07, 6.45) is 2.50. The summed E-state index contributed by atoms with van der Waals surface area (Å²) in [6, 6.07) is 6.80. The Morgan fingerprint density at radius 3 is 2.97 bits per heavy atom. The number of ether oxygens (including phenoxy) is 1. The molecule has 3 aromatic rings. The smallest absolute Gasteiger partial charge is 0.263 e. The van der Waals surface area contributed by atoms with Gasteiger partial charge in [0, 0.05) is 45.0 Å². The fraction of sp³-hybridized carbons (Fsp3) is 0.417. The molecule has 10 nitrogen and oxygen atoms in total. The Morgan fingerprint density at radius 2 is 2.14 bits per heavy atom. The van der Waals surface area contributed by atoms with Crippen molar-refractivity contribution in [1.29, 1.82) is 0 Å². The second-order valence-corrected chi connectivity index (χ2v) is 9.34. The number of aliphatic hydroxyl groups is 1. The van der Waals surface area contributed by atoms with Gasteiger partial charge in [0.2, 0.25) is 0 Å². The summed E-state index contributed by atoms with van der Waals surface area (Å²) in [5, 5.41) is 17.4. The van der Waals surface area contributed by atoms with Gasteiger partial charge < -0.3 is 29.9 Å². The number of anilines is 1. The van der Waals surface area contributed by atoms with E-state index in [0.29, 0.717) is 42.6 Å². The third-order valence-electron chi connectivity index (χ3n) is 6.61. The largest absolute Gasteiger partial charge is 0.480 e. The average molecular weight is 499 g/mol. The van der Waals surface area contributed by atoms with Gasteiger partial charge in [0.15, 0.2) is 18.2 Å². The van der Waals surface area contributed by atoms with Gasteiger partial charge in [-0.05, 0) is 43.1 Å². The zero-order chi connectivity index (χ0) is 24.5. The van der Waals surface area contributed by atoms with Crippen LogP contribution in [0.3, 0.4) is 0 Å². The fourth-order valence-electron chi connectivity index (χ4n) is 4.69. The van der Waals surface area contributed by atoms with Crippen molar-refractivity contribution in [2.45, 2.75) is 31.5 Å². The highest BCUT2D eigenvalue weighted by Gasteiger charge is 2.28. The lowest BCUT2D eigenvalue weighted by Crippen LogP contribution is -2.52. The molecule has 0 aliphatic carbocycles. The van der Waals surface area contributed by atoms with Gasteiger partial charge in [-0.15, -0.1) is 0 Å². The van der Waals surface area contributed by atoms with E-state index < -0.39 is 6.10 Å². The zero-order valence-corrected chi connectivity index (χ0v) is 20.1. The van der Waals surface area contributed by atoms with Crippen LogP contribution in [0, 0.1) is 0 Å². The summed E-state index contributed by atoms with van der Waals surface area (Å²) >= 11 is 6.46. The number of aryl methyl sites for hydroxylation is 1. The minimum absolute atomic E-state index is 0.00123. The van der Waals surface area contributed by atoms with Crippen LogP contribution in [-0.2, 0) is 24.8 Å². The molecule has 1 saturated heterocycles. The van der Waals surface area contributed by atoms with Crippen molar-refractivity contribution in [3.05, 3.63) is 57.1 Å². The van der Waals surface area contributed by atoms with E-state index in [1.807, 2.05) is 6.07 Å². The third kappa shape index (κ3) is 5.01. The molecule has 35 heavy (non-hydrogen) atoms. The van der Waals surface area contributed by atoms with E-state index in [2.05, 4.69) is 25.5 Å². The Kier molecular flexibility index (Phi) is 6.70. The Hall–Kier alpha value is -3.05. The molecule has 11 heteroatoms. The first-order valence-electron chi connectivity index (χ1n) is 11.6. The maximum atomic E-state index is 12.1. The number of hydrogen-bond donors (Lipinski definition) is 3. The number of halogens is 1. The molecule has 184 valence electrons. The van der Waals surface area contributed by atoms with Gasteiger partial charge in [0.25, 0.3) is 11.5 Å². The molecule has 0 radical (unpaired) electrons. The number of carbonyl (C=O) groups is 1. The van der Waals surface area contributed by atoms with Crippen LogP contribution < -0.4 is 20.9 Å². The molecule has 2 atom stereocenters. The van der Waals surface area contributed by atoms with Crippen molar-refractivity contribution in [3.63, 3.8) is 0 Å². The van der Waals surface area contributed by atoms with E-state index >= 15 is 0 Å². The Bertz CT molecular complexity index is 1330. The van der Waals surface area contributed by atoms with Crippen LogP contribution in [0.25, 0.3) is 11.0 Å². The number of β-amino-alcohol motifs (C(OH)–C–C–N with tert-alkyl or cyclic N) is 1. The predicted molar refractivity (Wildman–Crippen MR) is 132 cm³/mol. The molecule has 1 unspecified atom stereocenters. The van der Waals surface area contributed by atoms with E-state index in [9.17, 15) is 14.7 Å². The molecule has 2 aliphatic rings. The average Bonchev–Trinajstić information content (AvgIpc) is 2.85. The summed E-state index contributed by atoms with van der Waals surface area (Å²) in [5.41, 5.74) is 3.03. The molecular weight excluding hydrogens is 472 g/mol. The first-order chi connectivity index (χ1) is 16.9. The number of pyridine rings is 3. The zero-order valence-electron chi connectivity index (χ0n) is 19.3. The Morgan fingerprint density at radius 1 is 1.29 bits per heavy atom. The Balaban J connectivity index is 1.18. The third-order valence-corrected chi connectivity index (χ3v) is 6.93. The molecule has 1 amide bonds. The van der Waals surface area contributed by atoms with Crippen molar-refractivity contribution in [2.24, 2.45) is 7.05 Å². The number of nitrogens with one attached hydrogen (secondary N) is 2. The number of piperidine rings is 1. The lowest BCUT2D eigenvalue weighted by Gasteiger charge is -2.36. The Labute approximate surface area is 206 Å². The van der Waals surface area contributed by atoms with Crippen LogP contribution in [0.5, 0.6) is 5.75 Å². The van der Waals surface area contributed by atoms with Crippen LogP contribution >= 0.6 is 11.6 Å². The van der Waals surface area contributed by atoms with E-state index in [1.165, 1.54) is 6.07 Å². The molecule has 5 heterocycles. The number of aromatic nitrogens is 3. The van der Waals surface area contributed by atoms with Crippen LogP contribution in [0.1, 0.15) is 17.7 Å². The van der Waals surface area contributed by atoms with Crippen LogP contribution in [0.15, 0.2) is 35.3 Å². The number of nitrogens with zero attached hydrogens (tertiary/aromatic N) is 4. The van der Waals surface area contributed by atoms with Crippen LogP contribution in [0.4, 0.5) is 5.82 Å². The molecule has 1 fully saturated rings. The monoisotopic (exact) mass is 498 g/mol. The maximum absolute atomic E-state index is 12.1. The number of rotatable bonds is 6. The van der Waals surface area contributed by atoms with Gasteiger partial charge >= 0.3 is 0 Å². The number of hydrogen-bond acceptors (Lipinski definition) is 8. The summed E-state index contributed by atoms with van der Waals surface area (Å²) in [7, 11) is 1.73. The lowest BCUT2D eigenvalue weighted by molar-refractivity contribution is -0.118. The van der Waals surface area contributed by atoms with E-state index in [4.69, 9.17) is 16.3 Å². The molecule has 3 N–H and O–H groups in total. The van der Waals surface area contributed by atoms with Crippen molar-refractivity contribution in [1.82, 2.24) is 24.8 Å². The summed E-state index contributed by atoms with van der Waals surface area (Å²) in [4.78, 5) is 34.7. The summed E-state index contributed by atoms with van der Waals surface area (Å²) < 4.78 is 6.93. The number of aliphatic hydroxyl groups excluding tert-OH is 1. The SMILES string of the molecule is Cn1c(=O)ccc2ncc(Cl)c(CCN3CCC(NCc4ccc5c(n4)NC(=O)CO5)[C@H](O)C3)c21. The molecule has 5 rings (SSSR count). The van der Waals surface area contributed by atoms with Gasteiger partial charge in [-0.3, -0.25) is 14.6 Å². The van der Waals surface area contributed by atoms with Crippen molar-refractivity contribution < 1.29 is 14.6 Å². The topological polar surface area (TPSA) is 122 Å². The van der Waals surface area contributed by atoms with Crippen molar-refractivity contribution in [2.75, 3.05) is 31.6 Å². The summed E-state index contributed by atoms with van der Waals surface area (Å²) in [6.45, 7) is 2.52. The second kappa shape index (κ2) is 9.90. The highest BCUT2D eigenvalue weighted by Crippen LogP contribution is 2.26. The normalized spacial score (nSPS) is 20.4. The first-order valence-corrected chi connectivity index (χ1v) is 12.0. The van der Waals surface area contributed by atoms with Crippen LogP contribution in [-0.4, -0.2) is 68.8 Å². The molecule has 2 aliphatic heterocycles. The van der Waals surface area contributed by atoms with Gasteiger partial charge in [-0.1, -0.05) is 11.6 Å². The number of amides is 1. The van der Waals surface area contributed by atoms with Crippen LogP contribution in [0.2, 0.25) is 5.02 Å². The van der Waals surface area contributed by atoms with Gasteiger partial charge in [-0.25, -0.2) is 4.98 Å². The summed E-state index contributed by atoms with van der Waals surface area (Å²) in [5.74, 6) is 0.765. The minimum Gasteiger partial charge on any atom is -0.480 e. The molecule has 0 spiro atoms. The lowest BCUT2D eigenvalue weighted by atomic mass is 10.0. The van der Waals surface area contributed by atoms with Gasteiger partial charge in [-0.2, -0.15) is 0 Å². The predicted octanol–water partition coefficient (Wildman–Crippen LogP) is 1.08. The van der Waals surface area contributed by atoms with Crippen molar-refractivity contribution in [3.8, 4) is 5.75 Å². The number of carbonyl (C=O) groups excluding carboxylic acids is 1. The van der Waals surface area contributed by atoms with Gasteiger partial charge in [0.05, 0.1) is 27.9 Å². The molecule has 0 aromatic carbocycles. The van der Waals surface area contributed by atoms with E-state index in [0.717, 1.165) is 35.3 Å². The van der Waals surface area contributed by atoms with Crippen molar-refractivity contribution >= 4 is 34.4 Å². The first kappa shape index (κ1) is 23.7. The second-order valence-electron chi connectivity index (χ2n) is 8.93. The number of fused-ring (bicyclic) bond motifs is 2. The fourth-order valence-corrected chi connectivity index (χ4v) is 4.92. The van der Waals surface area contributed by atoms with Gasteiger partial charge in [0.1, 0.15) is 0 Å². The highest BCUT2D eigenvalue weighted by atomic mass is 35.5. The molecule has 0 bridgehead atoms. The standard InChI is InChI=1S/C24H27ClN6O4/c1-30-22(34)5-3-18-23(30)15(16(25)11-27-18)6-8-31-9-7-17(19(32)12-31)26-10-14-2-4-20-24(28-14)29-21(33)13-35-20/h2-5,11,17,19,26,32H,6-10,12-13H2,1H3,(H,28,29,33)/t17?,19-/m1/s1. The molecule has 3 aromatic heterocycles. The quantitative estimate of drug-likeness (QED) is 0.461.